The molecule has 2 aliphatic rings. The second kappa shape index (κ2) is 6.50. The van der Waals surface area contributed by atoms with E-state index in [0.717, 1.165) is 17.6 Å². The number of ether oxygens (including phenoxy) is 1. The number of hydrogen-bond acceptors (Lipinski definition) is 2. The lowest BCUT2D eigenvalue weighted by atomic mass is 9.84. The zero-order valence-corrected chi connectivity index (χ0v) is 12.8. The number of rotatable bonds is 6. The normalized spacial score (nSPS) is 28.3. The SMILES string of the molecule is C[C@H](NC(=O)CCOc1ccccc1)[C@@H]1C[C@@H]2CC[C@@H]1C2. The van der Waals surface area contributed by atoms with Crippen molar-refractivity contribution in [3.05, 3.63) is 30.3 Å². The topological polar surface area (TPSA) is 38.3 Å². The van der Waals surface area contributed by atoms with E-state index in [-0.39, 0.29) is 5.91 Å². The molecule has 0 unspecified atom stereocenters. The summed E-state index contributed by atoms with van der Waals surface area (Å²) in [5, 5.41) is 3.17. The monoisotopic (exact) mass is 287 g/mol. The Balaban J connectivity index is 1.38. The van der Waals surface area contributed by atoms with Gasteiger partial charge in [-0.1, -0.05) is 24.6 Å². The van der Waals surface area contributed by atoms with Gasteiger partial charge in [-0.15, -0.1) is 0 Å². The molecule has 2 fully saturated rings. The van der Waals surface area contributed by atoms with Crippen molar-refractivity contribution in [3.63, 3.8) is 0 Å². The summed E-state index contributed by atoms with van der Waals surface area (Å²) in [6.45, 7) is 2.61. The first kappa shape index (κ1) is 14.4. The van der Waals surface area contributed by atoms with Crippen LogP contribution in [0.4, 0.5) is 0 Å². The fourth-order valence-corrected chi connectivity index (χ4v) is 4.12. The minimum absolute atomic E-state index is 0.112. The van der Waals surface area contributed by atoms with E-state index in [2.05, 4.69) is 12.2 Å². The molecule has 1 N–H and O–H groups in total. The van der Waals surface area contributed by atoms with Gasteiger partial charge in [0.1, 0.15) is 5.75 Å². The van der Waals surface area contributed by atoms with Crippen molar-refractivity contribution >= 4 is 5.91 Å². The molecule has 0 aromatic heterocycles. The number of nitrogens with one attached hydrogen (secondary N) is 1. The van der Waals surface area contributed by atoms with Gasteiger partial charge in [0.2, 0.25) is 5.91 Å². The summed E-state index contributed by atoms with van der Waals surface area (Å²) in [5.74, 6) is 3.42. The summed E-state index contributed by atoms with van der Waals surface area (Å²) in [5.41, 5.74) is 0. The van der Waals surface area contributed by atoms with Gasteiger partial charge in [0.15, 0.2) is 0 Å². The summed E-state index contributed by atoms with van der Waals surface area (Å²) in [7, 11) is 0. The highest BCUT2D eigenvalue weighted by molar-refractivity contribution is 5.76. The molecule has 2 aliphatic carbocycles. The Kier molecular flexibility index (Phi) is 4.47. The quantitative estimate of drug-likeness (QED) is 0.871. The van der Waals surface area contributed by atoms with Gasteiger partial charge in [-0.3, -0.25) is 4.79 Å². The third kappa shape index (κ3) is 3.58. The van der Waals surface area contributed by atoms with E-state index >= 15 is 0 Å². The van der Waals surface area contributed by atoms with E-state index in [1.54, 1.807) is 0 Å². The minimum atomic E-state index is 0.112. The van der Waals surface area contributed by atoms with Crippen molar-refractivity contribution in [2.45, 2.75) is 45.1 Å². The molecule has 0 aliphatic heterocycles. The lowest BCUT2D eigenvalue weighted by Gasteiger charge is -2.28. The van der Waals surface area contributed by atoms with E-state index < -0.39 is 0 Å². The van der Waals surface area contributed by atoms with Crippen LogP contribution in [0, 0.1) is 17.8 Å². The fraction of sp³-hybridized carbons (Fsp3) is 0.611. The van der Waals surface area contributed by atoms with Gasteiger partial charge in [0, 0.05) is 6.04 Å². The summed E-state index contributed by atoms with van der Waals surface area (Å²) >= 11 is 0. The van der Waals surface area contributed by atoms with Crippen molar-refractivity contribution in [1.29, 1.82) is 0 Å². The first-order valence-electron chi connectivity index (χ1n) is 8.19. The standard InChI is InChI=1S/C18H25NO2/c1-13(17-12-14-7-8-15(17)11-14)19-18(20)9-10-21-16-5-3-2-4-6-16/h2-6,13-15,17H,7-12H2,1H3,(H,19,20)/t13-,14+,15+,17-/m0/s1. The third-order valence-corrected chi connectivity index (χ3v) is 5.16. The van der Waals surface area contributed by atoms with Gasteiger partial charge in [-0.25, -0.2) is 0 Å². The minimum Gasteiger partial charge on any atom is -0.493 e. The molecule has 3 nitrogen and oxygen atoms in total. The second-order valence-corrected chi connectivity index (χ2v) is 6.61. The van der Waals surface area contributed by atoms with Crippen LogP contribution in [-0.4, -0.2) is 18.6 Å². The van der Waals surface area contributed by atoms with E-state index in [4.69, 9.17) is 4.74 Å². The Hall–Kier alpha value is -1.51. The number of amides is 1. The van der Waals surface area contributed by atoms with Crippen LogP contribution in [0.1, 0.15) is 39.0 Å². The number of benzene rings is 1. The Morgan fingerprint density at radius 1 is 1.29 bits per heavy atom. The zero-order valence-electron chi connectivity index (χ0n) is 12.8. The van der Waals surface area contributed by atoms with Gasteiger partial charge in [0.05, 0.1) is 13.0 Å². The summed E-state index contributed by atoms with van der Waals surface area (Å²) in [6.07, 6.45) is 5.91. The van der Waals surface area contributed by atoms with Crippen LogP contribution in [0.15, 0.2) is 30.3 Å². The molecule has 114 valence electrons. The Bertz CT molecular complexity index is 473. The highest BCUT2D eigenvalue weighted by Crippen LogP contribution is 2.49. The van der Waals surface area contributed by atoms with Gasteiger partial charge in [-0.2, -0.15) is 0 Å². The highest BCUT2D eigenvalue weighted by Gasteiger charge is 2.41. The van der Waals surface area contributed by atoms with Gasteiger partial charge in [0.25, 0.3) is 0 Å². The zero-order chi connectivity index (χ0) is 14.7. The number of para-hydroxylation sites is 1. The van der Waals surface area contributed by atoms with E-state index in [9.17, 15) is 4.79 Å². The summed E-state index contributed by atoms with van der Waals surface area (Å²) < 4.78 is 5.57. The maximum Gasteiger partial charge on any atom is 0.223 e. The molecule has 1 aromatic carbocycles. The lowest BCUT2D eigenvalue weighted by molar-refractivity contribution is -0.122. The molecule has 2 saturated carbocycles. The number of carbonyl (C=O) groups is 1. The maximum atomic E-state index is 12.0. The number of hydrogen-bond donors (Lipinski definition) is 1. The van der Waals surface area contributed by atoms with Crippen molar-refractivity contribution in [3.8, 4) is 5.75 Å². The Morgan fingerprint density at radius 2 is 2.10 bits per heavy atom. The molecule has 0 heterocycles. The molecule has 4 atom stereocenters. The molecule has 1 aromatic rings. The van der Waals surface area contributed by atoms with Crippen LogP contribution in [0.5, 0.6) is 5.75 Å². The number of fused-ring (bicyclic) bond motifs is 2. The average molecular weight is 287 g/mol. The van der Waals surface area contributed by atoms with E-state index in [0.29, 0.717) is 25.0 Å². The molecular weight excluding hydrogens is 262 g/mol. The van der Waals surface area contributed by atoms with Crippen LogP contribution in [0.2, 0.25) is 0 Å². The van der Waals surface area contributed by atoms with Crippen LogP contribution < -0.4 is 10.1 Å². The third-order valence-electron chi connectivity index (χ3n) is 5.16. The largest absolute Gasteiger partial charge is 0.493 e. The number of carbonyl (C=O) groups excluding carboxylic acids is 1. The van der Waals surface area contributed by atoms with Crippen molar-refractivity contribution in [1.82, 2.24) is 5.32 Å². The average Bonchev–Trinajstić information content (AvgIpc) is 3.11. The molecule has 3 heteroatoms. The highest BCUT2D eigenvalue weighted by atomic mass is 16.5. The fourth-order valence-electron chi connectivity index (χ4n) is 4.12. The molecule has 3 rings (SSSR count). The molecule has 0 saturated heterocycles. The molecule has 0 spiro atoms. The van der Waals surface area contributed by atoms with Gasteiger partial charge in [-0.05, 0) is 56.1 Å². The van der Waals surface area contributed by atoms with Gasteiger partial charge >= 0.3 is 0 Å². The summed E-state index contributed by atoms with van der Waals surface area (Å²) in [6, 6.07) is 9.96. The molecule has 1 amide bonds. The molecule has 2 bridgehead atoms. The smallest absolute Gasteiger partial charge is 0.223 e. The Labute approximate surface area is 127 Å². The van der Waals surface area contributed by atoms with Crippen molar-refractivity contribution in [2.75, 3.05) is 6.61 Å². The predicted octanol–water partition coefficient (Wildman–Crippen LogP) is 3.40. The van der Waals surface area contributed by atoms with Crippen LogP contribution in [0.25, 0.3) is 0 Å². The summed E-state index contributed by atoms with van der Waals surface area (Å²) in [4.78, 5) is 12.0. The second-order valence-electron chi connectivity index (χ2n) is 6.61. The van der Waals surface area contributed by atoms with Crippen LogP contribution >= 0.6 is 0 Å². The lowest BCUT2D eigenvalue weighted by Crippen LogP contribution is -2.40. The van der Waals surface area contributed by atoms with Crippen LogP contribution in [0.3, 0.4) is 0 Å². The van der Waals surface area contributed by atoms with Crippen LogP contribution in [-0.2, 0) is 4.79 Å². The maximum absolute atomic E-state index is 12.0. The first-order chi connectivity index (χ1) is 10.2. The Morgan fingerprint density at radius 3 is 2.76 bits per heavy atom. The molecule has 0 radical (unpaired) electrons. The molecular formula is C18H25NO2. The molecule has 21 heavy (non-hydrogen) atoms. The van der Waals surface area contributed by atoms with E-state index in [1.165, 1.54) is 25.7 Å². The van der Waals surface area contributed by atoms with Gasteiger partial charge < -0.3 is 10.1 Å². The van der Waals surface area contributed by atoms with Crippen molar-refractivity contribution in [2.24, 2.45) is 17.8 Å². The van der Waals surface area contributed by atoms with E-state index in [1.807, 2.05) is 30.3 Å². The van der Waals surface area contributed by atoms with Crippen molar-refractivity contribution < 1.29 is 9.53 Å². The first-order valence-corrected chi connectivity index (χ1v) is 8.19. The predicted molar refractivity (Wildman–Crippen MR) is 83.1 cm³/mol.